The lowest BCUT2D eigenvalue weighted by molar-refractivity contribution is 0.284. The van der Waals surface area contributed by atoms with E-state index in [1.165, 1.54) is 0 Å². The number of benzene rings is 1. The summed E-state index contributed by atoms with van der Waals surface area (Å²) in [6.45, 7) is 7.46. The van der Waals surface area contributed by atoms with Gasteiger partial charge in [0.15, 0.2) is 5.82 Å². The highest BCUT2D eigenvalue weighted by Crippen LogP contribution is 2.24. The van der Waals surface area contributed by atoms with E-state index in [-0.39, 0.29) is 0 Å². The number of nitrogens with two attached hydrogens (primary N) is 1. The largest absolute Gasteiger partial charge is 0.483 e. The summed E-state index contributed by atoms with van der Waals surface area (Å²) in [5.41, 5.74) is 7.67. The van der Waals surface area contributed by atoms with Crippen LogP contribution in [0, 0.1) is 12.8 Å². The molecule has 2 aromatic rings. The molecular formula is C14H20N4O. The minimum atomic E-state index is 0.375. The average Bonchev–Trinajstić information content (AvgIpc) is 2.78. The standard InChI is InChI=1S/C14H20N4O/c1-10(2)7-18-13(16-9-17-18)8-19-12-6-4-5-11(3)14(12)15/h4-6,9-10H,7-8,15H2,1-3H3. The van der Waals surface area contributed by atoms with Crippen molar-refractivity contribution in [2.24, 2.45) is 5.92 Å². The van der Waals surface area contributed by atoms with E-state index in [1.807, 2.05) is 29.8 Å². The van der Waals surface area contributed by atoms with Gasteiger partial charge in [0.25, 0.3) is 0 Å². The normalized spacial score (nSPS) is 10.9. The highest BCUT2D eigenvalue weighted by Gasteiger charge is 2.08. The van der Waals surface area contributed by atoms with Gasteiger partial charge in [-0.15, -0.1) is 0 Å². The summed E-state index contributed by atoms with van der Waals surface area (Å²) in [7, 11) is 0. The topological polar surface area (TPSA) is 66.0 Å². The fourth-order valence-corrected chi connectivity index (χ4v) is 1.82. The first-order valence-electron chi connectivity index (χ1n) is 6.42. The minimum Gasteiger partial charge on any atom is -0.483 e. The maximum absolute atomic E-state index is 5.97. The number of ether oxygens (including phenoxy) is 1. The zero-order valence-electron chi connectivity index (χ0n) is 11.6. The Hall–Kier alpha value is -2.04. The van der Waals surface area contributed by atoms with Gasteiger partial charge in [-0.2, -0.15) is 5.10 Å². The number of aryl methyl sites for hydroxylation is 1. The highest BCUT2D eigenvalue weighted by atomic mass is 16.5. The summed E-state index contributed by atoms with van der Waals surface area (Å²) in [6.07, 6.45) is 1.56. The van der Waals surface area contributed by atoms with Crippen LogP contribution >= 0.6 is 0 Å². The molecule has 1 aromatic heterocycles. The Labute approximate surface area is 113 Å². The zero-order valence-corrected chi connectivity index (χ0v) is 11.6. The van der Waals surface area contributed by atoms with Crippen molar-refractivity contribution in [3.63, 3.8) is 0 Å². The first-order valence-corrected chi connectivity index (χ1v) is 6.42. The summed E-state index contributed by atoms with van der Waals surface area (Å²) < 4.78 is 7.61. The van der Waals surface area contributed by atoms with Gasteiger partial charge >= 0.3 is 0 Å². The number of nitrogen functional groups attached to an aromatic ring is 1. The van der Waals surface area contributed by atoms with Gasteiger partial charge in [0.05, 0.1) is 5.69 Å². The number of aromatic nitrogens is 3. The van der Waals surface area contributed by atoms with Crippen molar-refractivity contribution in [3.8, 4) is 5.75 Å². The molecule has 0 fully saturated rings. The van der Waals surface area contributed by atoms with Crippen molar-refractivity contribution in [2.45, 2.75) is 33.9 Å². The maximum atomic E-state index is 5.97. The monoisotopic (exact) mass is 260 g/mol. The molecular weight excluding hydrogens is 240 g/mol. The summed E-state index contributed by atoms with van der Waals surface area (Å²) in [4.78, 5) is 4.22. The van der Waals surface area contributed by atoms with Crippen molar-refractivity contribution in [1.82, 2.24) is 14.8 Å². The van der Waals surface area contributed by atoms with Crippen molar-refractivity contribution < 1.29 is 4.74 Å². The quantitative estimate of drug-likeness (QED) is 0.838. The average molecular weight is 260 g/mol. The van der Waals surface area contributed by atoms with E-state index in [0.29, 0.717) is 24.0 Å². The molecule has 0 saturated heterocycles. The van der Waals surface area contributed by atoms with Crippen molar-refractivity contribution in [1.29, 1.82) is 0 Å². The predicted molar refractivity (Wildman–Crippen MR) is 74.8 cm³/mol. The van der Waals surface area contributed by atoms with Gasteiger partial charge in [-0.25, -0.2) is 9.67 Å². The molecule has 0 radical (unpaired) electrons. The molecule has 0 amide bonds. The van der Waals surface area contributed by atoms with E-state index in [1.54, 1.807) is 6.33 Å². The summed E-state index contributed by atoms with van der Waals surface area (Å²) >= 11 is 0. The second-order valence-corrected chi connectivity index (χ2v) is 5.03. The van der Waals surface area contributed by atoms with Crippen LogP contribution < -0.4 is 10.5 Å². The fourth-order valence-electron chi connectivity index (χ4n) is 1.82. The number of rotatable bonds is 5. The number of para-hydroxylation sites is 1. The minimum absolute atomic E-state index is 0.375. The number of hydrogen-bond acceptors (Lipinski definition) is 4. The Kier molecular flexibility index (Phi) is 4.04. The molecule has 2 N–H and O–H groups in total. The molecule has 0 aliphatic rings. The van der Waals surface area contributed by atoms with Crippen LogP contribution in [0.25, 0.3) is 0 Å². The van der Waals surface area contributed by atoms with Gasteiger partial charge in [0, 0.05) is 6.54 Å². The predicted octanol–water partition coefficient (Wildman–Crippen LogP) is 2.40. The summed E-state index contributed by atoms with van der Waals surface area (Å²) in [5.74, 6) is 2.03. The fraction of sp³-hybridized carbons (Fsp3) is 0.429. The molecule has 0 aliphatic carbocycles. The van der Waals surface area contributed by atoms with Gasteiger partial charge < -0.3 is 10.5 Å². The second kappa shape index (κ2) is 5.73. The van der Waals surface area contributed by atoms with Crippen molar-refractivity contribution in [3.05, 3.63) is 35.9 Å². The molecule has 0 saturated carbocycles. The molecule has 0 spiro atoms. The molecule has 2 rings (SSSR count). The Morgan fingerprint density at radius 2 is 2.16 bits per heavy atom. The van der Waals surface area contributed by atoms with Crippen LogP contribution in [0.5, 0.6) is 5.75 Å². The van der Waals surface area contributed by atoms with Crippen LogP contribution in [0.2, 0.25) is 0 Å². The van der Waals surface area contributed by atoms with Crippen molar-refractivity contribution in [2.75, 3.05) is 5.73 Å². The van der Waals surface area contributed by atoms with Crippen molar-refractivity contribution >= 4 is 5.69 Å². The van der Waals surface area contributed by atoms with E-state index in [2.05, 4.69) is 23.9 Å². The molecule has 5 heteroatoms. The van der Waals surface area contributed by atoms with E-state index < -0.39 is 0 Å². The lowest BCUT2D eigenvalue weighted by atomic mass is 10.2. The molecule has 102 valence electrons. The lowest BCUT2D eigenvalue weighted by Gasteiger charge is -2.12. The molecule has 19 heavy (non-hydrogen) atoms. The third kappa shape index (κ3) is 3.24. The number of nitrogens with zero attached hydrogens (tertiary/aromatic N) is 3. The molecule has 1 aromatic carbocycles. The first kappa shape index (κ1) is 13.4. The van der Waals surface area contributed by atoms with E-state index in [9.17, 15) is 0 Å². The molecule has 1 heterocycles. The second-order valence-electron chi connectivity index (χ2n) is 5.03. The van der Waals surface area contributed by atoms with Crippen LogP contribution in [-0.2, 0) is 13.2 Å². The molecule has 0 bridgehead atoms. The van der Waals surface area contributed by atoms with E-state index in [4.69, 9.17) is 10.5 Å². The molecule has 5 nitrogen and oxygen atoms in total. The maximum Gasteiger partial charge on any atom is 0.164 e. The zero-order chi connectivity index (χ0) is 13.8. The SMILES string of the molecule is Cc1cccc(OCc2ncnn2CC(C)C)c1N. The van der Waals surface area contributed by atoms with Gasteiger partial charge in [-0.1, -0.05) is 26.0 Å². The van der Waals surface area contributed by atoms with Gasteiger partial charge in [0.1, 0.15) is 18.7 Å². The highest BCUT2D eigenvalue weighted by molar-refractivity contribution is 5.57. The first-order chi connectivity index (χ1) is 9.08. The van der Waals surface area contributed by atoms with Gasteiger partial charge in [0.2, 0.25) is 0 Å². The number of hydrogen-bond donors (Lipinski definition) is 1. The van der Waals surface area contributed by atoms with E-state index >= 15 is 0 Å². The van der Waals surface area contributed by atoms with Crippen LogP contribution in [0.1, 0.15) is 25.2 Å². The third-order valence-electron chi connectivity index (χ3n) is 2.87. The number of anilines is 1. The van der Waals surface area contributed by atoms with Gasteiger partial charge in [-0.05, 0) is 24.5 Å². The summed E-state index contributed by atoms with van der Waals surface area (Å²) in [6, 6.07) is 5.76. The molecule has 0 atom stereocenters. The third-order valence-corrected chi connectivity index (χ3v) is 2.87. The lowest BCUT2D eigenvalue weighted by Crippen LogP contribution is -2.12. The Bertz CT molecular complexity index is 548. The Balaban J connectivity index is 2.06. The van der Waals surface area contributed by atoms with Crippen LogP contribution in [0.15, 0.2) is 24.5 Å². The molecule has 0 unspecified atom stereocenters. The molecule has 0 aliphatic heterocycles. The van der Waals surface area contributed by atoms with E-state index in [0.717, 1.165) is 17.9 Å². The van der Waals surface area contributed by atoms with Crippen LogP contribution in [0.3, 0.4) is 0 Å². The summed E-state index contributed by atoms with van der Waals surface area (Å²) in [5, 5.41) is 4.20. The Morgan fingerprint density at radius 3 is 2.89 bits per heavy atom. The van der Waals surface area contributed by atoms with Crippen LogP contribution in [0.4, 0.5) is 5.69 Å². The smallest absolute Gasteiger partial charge is 0.164 e. The van der Waals surface area contributed by atoms with Crippen LogP contribution in [-0.4, -0.2) is 14.8 Å². The Morgan fingerprint density at radius 1 is 1.37 bits per heavy atom. The van der Waals surface area contributed by atoms with Gasteiger partial charge in [-0.3, -0.25) is 0 Å².